The van der Waals surface area contributed by atoms with Gasteiger partial charge in [0.25, 0.3) is 0 Å². The van der Waals surface area contributed by atoms with E-state index in [1.54, 1.807) is 20.2 Å². The minimum Gasteiger partial charge on any atom is -0.497 e. The first-order valence-corrected chi connectivity index (χ1v) is 12.2. The van der Waals surface area contributed by atoms with Gasteiger partial charge in [-0.2, -0.15) is 5.10 Å². The van der Waals surface area contributed by atoms with Gasteiger partial charge in [-0.25, -0.2) is 0 Å². The number of likely N-dealkylation sites (tertiary alicyclic amines) is 1. The summed E-state index contributed by atoms with van der Waals surface area (Å²) in [6, 6.07) is 14.1. The van der Waals surface area contributed by atoms with E-state index in [2.05, 4.69) is 35.0 Å². The van der Waals surface area contributed by atoms with E-state index >= 15 is 0 Å². The van der Waals surface area contributed by atoms with Crippen molar-refractivity contribution < 1.29 is 14.3 Å². The molecule has 0 bridgehead atoms. The smallest absolute Gasteiger partial charge is 0.219 e. The van der Waals surface area contributed by atoms with Crippen LogP contribution < -0.4 is 9.64 Å². The average Bonchev–Trinajstić information content (AvgIpc) is 3.50. The fraction of sp³-hybridized carbons (Fsp3) is 0.393. The number of ether oxygens (including phenoxy) is 1. The maximum atomic E-state index is 13.5. The van der Waals surface area contributed by atoms with Crippen LogP contribution in [0.5, 0.6) is 5.75 Å². The molecule has 0 aliphatic carbocycles. The summed E-state index contributed by atoms with van der Waals surface area (Å²) in [5.41, 5.74) is 5.92. The minimum absolute atomic E-state index is 0.0828. The predicted molar refractivity (Wildman–Crippen MR) is 136 cm³/mol. The number of aromatic amines is 1. The Labute approximate surface area is 206 Å². The zero-order chi connectivity index (χ0) is 24.7. The number of ketones is 1. The van der Waals surface area contributed by atoms with Crippen LogP contribution >= 0.6 is 0 Å². The monoisotopic (exact) mass is 472 g/mol. The molecule has 2 aliphatic heterocycles. The quantitative estimate of drug-likeness (QED) is 0.537. The molecule has 1 amide bonds. The van der Waals surface area contributed by atoms with Crippen molar-refractivity contribution in [3.63, 3.8) is 0 Å². The van der Waals surface area contributed by atoms with E-state index in [1.165, 1.54) is 5.56 Å². The summed E-state index contributed by atoms with van der Waals surface area (Å²) < 4.78 is 5.24. The number of carbonyl (C=O) groups excluding carboxylic acids is 2. The molecule has 1 saturated heterocycles. The van der Waals surface area contributed by atoms with E-state index in [0.29, 0.717) is 18.5 Å². The zero-order valence-electron chi connectivity index (χ0n) is 20.7. The van der Waals surface area contributed by atoms with Gasteiger partial charge in [-0.1, -0.05) is 12.1 Å². The van der Waals surface area contributed by atoms with E-state index in [-0.39, 0.29) is 29.7 Å². The fourth-order valence-electron chi connectivity index (χ4n) is 5.70. The molecule has 1 fully saturated rings. The molecule has 182 valence electrons. The molecule has 5 rings (SSSR count). The molecule has 7 nitrogen and oxygen atoms in total. The number of nitrogens with zero attached hydrogens (tertiary/aromatic N) is 3. The Morgan fingerprint density at radius 3 is 2.57 bits per heavy atom. The third kappa shape index (κ3) is 4.20. The van der Waals surface area contributed by atoms with Gasteiger partial charge in [0.1, 0.15) is 5.75 Å². The maximum absolute atomic E-state index is 13.5. The molecule has 0 saturated carbocycles. The highest BCUT2D eigenvalue weighted by atomic mass is 16.5. The lowest BCUT2D eigenvalue weighted by atomic mass is 9.85. The molecular weight excluding hydrogens is 440 g/mol. The van der Waals surface area contributed by atoms with E-state index in [0.717, 1.165) is 41.2 Å². The number of anilines is 1. The van der Waals surface area contributed by atoms with Gasteiger partial charge in [0.2, 0.25) is 5.91 Å². The van der Waals surface area contributed by atoms with Crippen LogP contribution in [0.25, 0.3) is 11.3 Å². The number of carbonyl (C=O) groups is 2. The van der Waals surface area contributed by atoms with E-state index in [4.69, 9.17) is 4.74 Å². The van der Waals surface area contributed by atoms with Crippen LogP contribution in [0.15, 0.2) is 48.7 Å². The Bertz CT molecular complexity index is 1230. The van der Waals surface area contributed by atoms with Crippen LogP contribution in [-0.2, 0) is 11.2 Å². The largest absolute Gasteiger partial charge is 0.497 e. The number of methoxy groups -OCH3 is 1. The number of fused-ring (bicyclic) bond motifs is 3. The van der Waals surface area contributed by atoms with Crippen molar-refractivity contribution in [2.24, 2.45) is 0 Å². The number of benzene rings is 2. The molecule has 3 aromatic rings. The summed E-state index contributed by atoms with van der Waals surface area (Å²) in [6.07, 6.45) is 2.96. The van der Waals surface area contributed by atoms with Gasteiger partial charge in [-0.15, -0.1) is 0 Å². The highest BCUT2D eigenvalue weighted by molar-refractivity contribution is 6.01. The Kier molecular flexibility index (Phi) is 6.09. The molecule has 2 aliphatic rings. The Morgan fingerprint density at radius 2 is 1.94 bits per heavy atom. The Hall–Kier alpha value is -3.61. The van der Waals surface area contributed by atoms with Crippen molar-refractivity contribution in [2.75, 3.05) is 25.1 Å². The van der Waals surface area contributed by atoms with Crippen molar-refractivity contribution in [3.05, 3.63) is 65.4 Å². The molecule has 2 aromatic carbocycles. The number of aromatic nitrogens is 2. The molecule has 7 heteroatoms. The highest BCUT2D eigenvalue weighted by Crippen LogP contribution is 2.50. The Balaban J connectivity index is 1.57. The second kappa shape index (κ2) is 9.21. The van der Waals surface area contributed by atoms with Crippen molar-refractivity contribution >= 4 is 17.4 Å². The van der Waals surface area contributed by atoms with Crippen molar-refractivity contribution in [2.45, 2.75) is 51.6 Å². The second-order valence-electron chi connectivity index (χ2n) is 9.81. The van der Waals surface area contributed by atoms with Crippen LogP contribution in [0.2, 0.25) is 0 Å². The molecule has 35 heavy (non-hydrogen) atoms. The van der Waals surface area contributed by atoms with Crippen LogP contribution in [0.1, 0.15) is 54.6 Å². The number of rotatable bonds is 6. The number of hydrogen-bond donors (Lipinski definition) is 1. The van der Waals surface area contributed by atoms with Gasteiger partial charge < -0.3 is 14.5 Å². The van der Waals surface area contributed by atoms with E-state index in [1.807, 2.05) is 41.3 Å². The minimum atomic E-state index is 0.0828. The lowest BCUT2D eigenvalue weighted by molar-refractivity contribution is -0.130. The van der Waals surface area contributed by atoms with Gasteiger partial charge in [-0.3, -0.25) is 14.7 Å². The molecule has 2 unspecified atom stereocenters. The predicted octanol–water partition coefficient (Wildman–Crippen LogP) is 4.44. The zero-order valence-corrected chi connectivity index (χ0v) is 20.7. The number of amides is 1. The summed E-state index contributed by atoms with van der Waals surface area (Å²) >= 11 is 0. The molecule has 2 atom stereocenters. The number of H-pyrrole nitrogens is 1. The van der Waals surface area contributed by atoms with Crippen LogP contribution in [0.3, 0.4) is 0 Å². The third-order valence-corrected chi connectivity index (χ3v) is 7.37. The standard InChI is InChI=1S/C28H32N4O3/c1-17(2)32-26-16-31(18(3)33)12-10-22(26)23-14-20(15-24(28(23)32)25-9-11-29-30-25)27(34)13-19-5-7-21(35-4)8-6-19/h5-9,11,14-15,17,22,26H,10,12-13,16H2,1-4H3,(H,29,30). The Morgan fingerprint density at radius 1 is 1.17 bits per heavy atom. The van der Waals surface area contributed by atoms with Crippen LogP contribution in [0, 0.1) is 0 Å². The number of hydrogen-bond acceptors (Lipinski definition) is 5. The number of Topliss-reactive ketones (excluding diaryl/α,β-unsaturated/α-hetero) is 1. The first-order valence-electron chi connectivity index (χ1n) is 12.2. The molecule has 1 aromatic heterocycles. The number of piperidine rings is 1. The first kappa shape index (κ1) is 23.1. The second-order valence-corrected chi connectivity index (χ2v) is 9.81. The van der Waals surface area contributed by atoms with E-state index in [9.17, 15) is 9.59 Å². The maximum Gasteiger partial charge on any atom is 0.219 e. The van der Waals surface area contributed by atoms with Gasteiger partial charge in [0, 0.05) is 55.7 Å². The SMILES string of the molecule is COc1ccc(CC(=O)c2cc(-c3ccn[nH]3)c3c(c2)C2CCN(C(C)=O)CC2N3C(C)C)cc1. The highest BCUT2D eigenvalue weighted by Gasteiger charge is 2.45. The lowest BCUT2D eigenvalue weighted by Crippen LogP contribution is -2.51. The summed E-state index contributed by atoms with van der Waals surface area (Å²) in [6.45, 7) is 7.47. The first-order chi connectivity index (χ1) is 16.9. The fourth-order valence-corrected chi connectivity index (χ4v) is 5.70. The molecule has 1 N–H and O–H groups in total. The lowest BCUT2D eigenvalue weighted by Gasteiger charge is -2.41. The summed E-state index contributed by atoms with van der Waals surface area (Å²) in [5.74, 6) is 1.25. The van der Waals surface area contributed by atoms with Crippen LogP contribution in [-0.4, -0.2) is 59.1 Å². The van der Waals surface area contributed by atoms with Gasteiger partial charge in [0.05, 0.1) is 24.5 Å². The molecular formula is C28H32N4O3. The average molecular weight is 473 g/mol. The summed E-state index contributed by atoms with van der Waals surface area (Å²) in [5, 5.41) is 7.30. The molecule has 0 spiro atoms. The van der Waals surface area contributed by atoms with Gasteiger partial charge in [-0.05, 0) is 61.7 Å². The molecule has 3 heterocycles. The summed E-state index contributed by atoms with van der Waals surface area (Å²) in [7, 11) is 1.64. The normalized spacial score (nSPS) is 19.0. The van der Waals surface area contributed by atoms with E-state index < -0.39 is 0 Å². The van der Waals surface area contributed by atoms with Crippen molar-refractivity contribution in [1.82, 2.24) is 15.1 Å². The van der Waals surface area contributed by atoms with Crippen molar-refractivity contribution in [1.29, 1.82) is 0 Å². The third-order valence-electron chi connectivity index (χ3n) is 7.37. The van der Waals surface area contributed by atoms with Crippen LogP contribution in [0.4, 0.5) is 5.69 Å². The topological polar surface area (TPSA) is 78.5 Å². The molecule has 0 radical (unpaired) electrons. The number of nitrogens with one attached hydrogen (secondary N) is 1. The van der Waals surface area contributed by atoms with Gasteiger partial charge >= 0.3 is 0 Å². The summed E-state index contributed by atoms with van der Waals surface area (Å²) in [4.78, 5) is 30.1. The van der Waals surface area contributed by atoms with Gasteiger partial charge in [0.15, 0.2) is 5.78 Å². The van der Waals surface area contributed by atoms with Crippen molar-refractivity contribution in [3.8, 4) is 17.0 Å².